The molecule has 2 rings (SSSR count). The van der Waals surface area contributed by atoms with Gasteiger partial charge in [-0.15, -0.1) is 0 Å². The second-order valence-electron chi connectivity index (χ2n) is 2.92. The Morgan fingerprint density at radius 2 is 1.43 bits per heavy atom. The van der Waals surface area contributed by atoms with E-state index < -0.39 is 0 Å². The van der Waals surface area contributed by atoms with E-state index >= 15 is 0 Å². The Morgan fingerprint density at radius 3 is 1.64 bits per heavy atom. The molecule has 0 amide bonds. The number of hydrogen-bond donors (Lipinski definition) is 2. The van der Waals surface area contributed by atoms with E-state index in [1.54, 1.807) is 12.1 Å². The first-order valence-electron chi connectivity index (χ1n) is 4.56. The van der Waals surface area contributed by atoms with Gasteiger partial charge in [0, 0.05) is 0 Å². The number of anilines is 2. The lowest BCUT2D eigenvalue weighted by Crippen LogP contribution is -2.11. The molecule has 0 radical (unpaired) electrons. The van der Waals surface area contributed by atoms with Crippen molar-refractivity contribution in [2.24, 2.45) is 0 Å². The van der Waals surface area contributed by atoms with Crippen molar-refractivity contribution in [3.05, 3.63) is 24.3 Å². The molecule has 78 valence electrons. The van der Waals surface area contributed by atoms with Crippen LogP contribution in [0.5, 0.6) is 0 Å². The normalized spacial score (nSPS) is 15.4. The number of ether oxygens (including phenoxy) is 2. The van der Waals surface area contributed by atoms with E-state index in [4.69, 9.17) is 20.9 Å². The lowest BCUT2D eigenvalue weighted by atomic mass is 10.3. The van der Waals surface area contributed by atoms with Crippen LogP contribution >= 0.6 is 0 Å². The Balaban J connectivity index is 0.000000146. The molecule has 0 saturated carbocycles. The van der Waals surface area contributed by atoms with Crippen molar-refractivity contribution in [2.45, 2.75) is 6.42 Å². The van der Waals surface area contributed by atoms with Gasteiger partial charge >= 0.3 is 0 Å². The average Bonchev–Trinajstić information content (AvgIpc) is 2.26. The first kappa shape index (κ1) is 10.8. The second kappa shape index (κ2) is 6.23. The van der Waals surface area contributed by atoms with Crippen molar-refractivity contribution in [3.8, 4) is 0 Å². The molecule has 1 fully saturated rings. The number of benzene rings is 1. The van der Waals surface area contributed by atoms with E-state index in [0.717, 1.165) is 19.6 Å². The summed E-state index contributed by atoms with van der Waals surface area (Å²) in [4.78, 5) is 0. The van der Waals surface area contributed by atoms with Crippen molar-refractivity contribution in [1.82, 2.24) is 0 Å². The van der Waals surface area contributed by atoms with E-state index in [-0.39, 0.29) is 0 Å². The lowest BCUT2D eigenvalue weighted by molar-refractivity contribution is -0.0963. The Bertz CT molecular complexity index is 230. The van der Waals surface area contributed by atoms with Gasteiger partial charge in [0.1, 0.15) is 6.79 Å². The molecule has 0 atom stereocenters. The van der Waals surface area contributed by atoms with Gasteiger partial charge in [0.2, 0.25) is 0 Å². The van der Waals surface area contributed by atoms with Gasteiger partial charge in [0.25, 0.3) is 0 Å². The SMILES string of the molecule is C1COCOC1.Nc1ccccc1N. The van der Waals surface area contributed by atoms with Crippen LogP contribution in [0, 0.1) is 0 Å². The standard InChI is InChI=1S/C6H8N2.C4H8O2/c7-5-3-1-2-4-6(5)8;1-2-5-4-6-3-1/h1-4H,7-8H2;1-4H2. The van der Waals surface area contributed by atoms with E-state index in [1.165, 1.54) is 0 Å². The monoisotopic (exact) mass is 196 g/mol. The van der Waals surface area contributed by atoms with Crippen molar-refractivity contribution >= 4 is 11.4 Å². The van der Waals surface area contributed by atoms with E-state index in [0.29, 0.717) is 18.2 Å². The first-order valence-corrected chi connectivity index (χ1v) is 4.56. The summed E-state index contributed by atoms with van der Waals surface area (Å²) in [6, 6.07) is 7.25. The minimum Gasteiger partial charge on any atom is -0.397 e. The zero-order valence-corrected chi connectivity index (χ0v) is 8.11. The molecule has 4 nitrogen and oxygen atoms in total. The maximum Gasteiger partial charge on any atom is 0.146 e. The summed E-state index contributed by atoms with van der Waals surface area (Å²) in [5, 5.41) is 0. The van der Waals surface area contributed by atoms with E-state index in [2.05, 4.69) is 0 Å². The van der Waals surface area contributed by atoms with Gasteiger partial charge in [-0.2, -0.15) is 0 Å². The van der Waals surface area contributed by atoms with Crippen LogP contribution in [-0.2, 0) is 9.47 Å². The molecule has 1 aliphatic rings. The number of hydrogen-bond acceptors (Lipinski definition) is 4. The van der Waals surface area contributed by atoms with Crippen molar-refractivity contribution in [2.75, 3.05) is 31.5 Å². The molecule has 0 bridgehead atoms. The highest BCUT2D eigenvalue weighted by Gasteiger charge is 1.94. The van der Waals surface area contributed by atoms with Crippen molar-refractivity contribution in [1.29, 1.82) is 0 Å². The highest BCUT2D eigenvalue weighted by atomic mass is 16.7. The topological polar surface area (TPSA) is 70.5 Å². The van der Waals surface area contributed by atoms with Gasteiger partial charge in [-0.25, -0.2) is 0 Å². The predicted octanol–water partition coefficient (Wildman–Crippen LogP) is 1.23. The summed E-state index contributed by atoms with van der Waals surface area (Å²) in [5.74, 6) is 0. The predicted molar refractivity (Wildman–Crippen MR) is 56.7 cm³/mol. The fraction of sp³-hybridized carbons (Fsp3) is 0.400. The third kappa shape index (κ3) is 4.11. The van der Waals surface area contributed by atoms with Crippen molar-refractivity contribution < 1.29 is 9.47 Å². The summed E-state index contributed by atoms with van der Waals surface area (Å²) in [5.41, 5.74) is 12.1. The molecule has 1 aromatic rings. The van der Waals surface area contributed by atoms with Gasteiger partial charge in [-0.1, -0.05) is 12.1 Å². The molecule has 1 aromatic carbocycles. The third-order valence-electron chi connectivity index (χ3n) is 1.74. The molecular weight excluding hydrogens is 180 g/mol. The highest BCUT2D eigenvalue weighted by Crippen LogP contribution is 2.10. The Morgan fingerprint density at radius 1 is 0.929 bits per heavy atom. The molecule has 1 heterocycles. The number of nitrogens with two attached hydrogens (primary N) is 2. The van der Waals surface area contributed by atoms with Gasteiger partial charge in [0.15, 0.2) is 0 Å². The van der Waals surface area contributed by atoms with Crippen LogP contribution in [0.2, 0.25) is 0 Å². The molecule has 0 unspecified atom stereocenters. The summed E-state index contributed by atoms with van der Waals surface area (Å²) < 4.78 is 9.69. The summed E-state index contributed by atoms with van der Waals surface area (Å²) >= 11 is 0. The Hall–Kier alpha value is -1.26. The fourth-order valence-electron chi connectivity index (χ4n) is 0.951. The van der Waals surface area contributed by atoms with Crippen LogP contribution in [0.4, 0.5) is 11.4 Å². The molecule has 0 spiro atoms. The quantitative estimate of drug-likeness (QED) is 0.612. The van der Waals surface area contributed by atoms with Crippen molar-refractivity contribution in [3.63, 3.8) is 0 Å². The lowest BCUT2D eigenvalue weighted by Gasteiger charge is -2.09. The van der Waals surface area contributed by atoms with E-state index in [9.17, 15) is 0 Å². The van der Waals surface area contributed by atoms with Gasteiger partial charge in [-0.3, -0.25) is 0 Å². The zero-order valence-electron chi connectivity index (χ0n) is 8.11. The summed E-state index contributed by atoms with van der Waals surface area (Å²) in [6.07, 6.45) is 1.06. The summed E-state index contributed by atoms with van der Waals surface area (Å²) in [7, 11) is 0. The maximum atomic E-state index is 5.39. The van der Waals surface area contributed by atoms with Gasteiger partial charge in [-0.05, 0) is 18.6 Å². The third-order valence-corrected chi connectivity index (χ3v) is 1.74. The van der Waals surface area contributed by atoms with Crippen LogP contribution in [-0.4, -0.2) is 20.0 Å². The highest BCUT2D eigenvalue weighted by molar-refractivity contribution is 5.62. The number of nitrogen functional groups attached to an aromatic ring is 2. The second-order valence-corrected chi connectivity index (χ2v) is 2.92. The molecule has 0 aliphatic carbocycles. The molecule has 1 saturated heterocycles. The van der Waals surface area contributed by atoms with E-state index in [1.807, 2.05) is 12.1 Å². The zero-order chi connectivity index (χ0) is 10.2. The minimum absolute atomic E-state index is 0.500. The molecule has 0 aromatic heterocycles. The Labute approximate surface area is 83.8 Å². The number of rotatable bonds is 0. The van der Waals surface area contributed by atoms with Crippen LogP contribution in [0.15, 0.2) is 24.3 Å². The van der Waals surface area contributed by atoms with Crippen LogP contribution in [0.25, 0.3) is 0 Å². The smallest absolute Gasteiger partial charge is 0.146 e. The molecular formula is C10H16N2O2. The molecule has 14 heavy (non-hydrogen) atoms. The molecule has 1 aliphatic heterocycles. The maximum absolute atomic E-state index is 5.39. The molecule has 4 heteroatoms. The largest absolute Gasteiger partial charge is 0.397 e. The summed E-state index contributed by atoms with van der Waals surface area (Å²) in [6.45, 7) is 2.25. The fourth-order valence-corrected chi connectivity index (χ4v) is 0.951. The number of para-hydroxylation sites is 2. The van der Waals surface area contributed by atoms with Crippen LogP contribution in [0.1, 0.15) is 6.42 Å². The van der Waals surface area contributed by atoms with Gasteiger partial charge < -0.3 is 20.9 Å². The van der Waals surface area contributed by atoms with Crippen LogP contribution < -0.4 is 11.5 Å². The molecule has 4 N–H and O–H groups in total. The Kier molecular flexibility index (Phi) is 4.82. The minimum atomic E-state index is 0.500. The van der Waals surface area contributed by atoms with Crippen LogP contribution in [0.3, 0.4) is 0 Å². The van der Waals surface area contributed by atoms with Gasteiger partial charge in [0.05, 0.1) is 24.6 Å². The first-order chi connectivity index (χ1) is 6.80. The average molecular weight is 196 g/mol.